The first kappa shape index (κ1) is 34.2. The first-order chi connectivity index (χ1) is 20.5. The lowest BCUT2D eigenvalue weighted by Crippen LogP contribution is -2.33. The molecule has 2 atom stereocenters. The van der Waals surface area contributed by atoms with E-state index in [1.54, 1.807) is 12.1 Å². The summed E-state index contributed by atoms with van der Waals surface area (Å²) >= 11 is 0. The van der Waals surface area contributed by atoms with Crippen LogP contribution in [0.5, 0.6) is 11.5 Å². The molecule has 43 heavy (non-hydrogen) atoms. The first-order valence-corrected chi connectivity index (χ1v) is 14.5. The number of phenols is 2. The Morgan fingerprint density at radius 1 is 0.744 bits per heavy atom. The molecule has 0 radical (unpaired) electrons. The highest BCUT2D eigenvalue weighted by molar-refractivity contribution is 5.96. The molecule has 2 aromatic carbocycles. The van der Waals surface area contributed by atoms with Crippen molar-refractivity contribution in [2.75, 3.05) is 63.1 Å². The largest absolute Gasteiger partial charge is 0.505 e. The van der Waals surface area contributed by atoms with Crippen LogP contribution in [0.1, 0.15) is 35.1 Å². The topological polar surface area (TPSA) is 198 Å². The van der Waals surface area contributed by atoms with Gasteiger partial charge in [-0.15, -0.1) is 0 Å². The molecule has 1 aliphatic heterocycles. The van der Waals surface area contributed by atoms with Gasteiger partial charge in [0.1, 0.15) is 11.5 Å². The highest BCUT2D eigenvalue weighted by Crippen LogP contribution is 2.32. The monoisotopic (exact) mass is 603 g/mol. The molecule has 0 bridgehead atoms. The molecule has 3 rings (SSSR count). The Balaban J connectivity index is 1.70. The zero-order valence-corrected chi connectivity index (χ0v) is 24.8. The first-order valence-electron chi connectivity index (χ1n) is 14.5. The number of hydrogen-bond acceptors (Lipinski definition) is 11. The maximum Gasteiger partial charge on any atom is 0.255 e. The fourth-order valence-electron chi connectivity index (χ4n) is 5.07. The lowest BCUT2D eigenvalue weighted by molar-refractivity contribution is -0.126. The van der Waals surface area contributed by atoms with Crippen molar-refractivity contribution in [2.24, 2.45) is 0 Å². The van der Waals surface area contributed by atoms with Crippen LogP contribution in [0.4, 0.5) is 11.4 Å². The Hall–Kier alpha value is -3.30. The van der Waals surface area contributed by atoms with Crippen molar-refractivity contribution >= 4 is 23.2 Å². The number of anilines is 2. The van der Waals surface area contributed by atoms with E-state index in [4.69, 9.17) is 10.2 Å². The summed E-state index contributed by atoms with van der Waals surface area (Å²) in [5.41, 5.74) is 3.27. The second kappa shape index (κ2) is 16.5. The smallest absolute Gasteiger partial charge is 0.255 e. The molecule has 2 unspecified atom stereocenters. The van der Waals surface area contributed by atoms with Crippen LogP contribution >= 0.6 is 0 Å². The standard InChI is InChI=1S/C30H45N5O8/c1-19-11-21(27(40)23(13-19)32-29(42)25(38)17-36)15-34-7-3-5-31-6-10-35(9-4-8-34)16-22-12-20(2)14-24(28(22)41)33-30(43)26(39)18-37/h11-14,25-26,31,36-41H,3-10,15-18H2,1-2H3,(H,32,42)(H,33,43). The molecule has 0 spiro atoms. The number of amides is 2. The zero-order valence-electron chi connectivity index (χ0n) is 24.8. The number of aromatic hydroxyl groups is 2. The summed E-state index contributed by atoms with van der Waals surface area (Å²) in [5, 5.41) is 67.6. The van der Waals surface area contributed by atoms with E-state index in [1.807, 2.05) is 26.0 Å². The van der Waals surface area contributed by atoms with Crippen LogP contribution in [-0.4, -0.2) is 117 Å². The molecule has 2 aromatic rings. The number of carbonyl (C=O) groups is 2. The van der Waals surface area contributed by atoms with Gasteiger partial charge in [-0.1, -0.05) is 12.1 Å². The predicted molar refractivity (Wildman–Crippen MR) is 162 cm³/mol. The second-order valence-electron chi connectivity index (χ2n) is 11.0. The molecule has 0 aliphatic carbocycles. The SMILES string of the molecule is Cc1cc(CN2CCCNCCN(Cc3cc(C)cc(NC(=O)C(O)CO)c3O)CCC2)c(O)c(NC(=O)C(O)CO)c1. The van der Waals surface area contributed by atoms with Crippen LogP contribution in [0, 0.1) is 13.8 Å². The van der Waals surface area contributed by atoms with Crippen molar-refractivity contribution in [1.82, 2.24) is 15.1 Å². The maximum atomic E-state index is 12.1. The molecule has 0 aromatic heterocycles. The highest BCUT2D eigenvalue weighted by Gasteiger charge is 2.21. The van der Waals surface area contributed by atoms with Gasteiger partial charge in [-0.3, -0.25) is 19.4 Å². The number of carbonyl (C=O) groups excluding carboxylic acids is 2. The summed E-state index contributed by atoms with van der Waals surface area (Å²) in [4.78, 5) is 28.6. The van der Waals surface area contributed by atoms with Crippen LogP contribution in [0.2, 0.25) is 0 Å². The van der Waals surface area contributed by atoms with Gasteiger partial charge in [0.15, 0.2) is 12.2 Å². The fourth-order valence-corrected chi connectivity index (χ4v) is 5.07. The summed E-state index contributed by atoms with van der Waals surface area (Å²) in [6.45, 7) is 7.64. The number of nitrogens with one attached hydrogen (secondary N) is 3. The highest BCUT2D eigenvalue weighted by atomic mass is 16.3. The lowest BCUT2D eigenvalue weighted by Gasteiger charge is -2.26. The third kappa shape index (κ3) is 10.1. The minimum atomic E-state index is -1.59. The summed E-state index contributed by atoms with van der Waals surface area (Å²) in [7, 11) is 0. The van der Waals surface area contributed by atoms with Gasteiger partial charge in [-0.25, -0.2) is 0 Å². The molecule has 9 N–H and O–H groups in total. The molecule has 13 nitrogen and oxygen atoms in total. The Kier molecular flexibility index (Phi) is 13.1. The van der Waals surface area contributed by atoms with E-state index in [0.29, 0.717) is 24.2 Å². The van der Waals surface area contributed by atoms with Crippen LogP contribution in [-0.2, 0) is 22.7 Å². The molecular weight excluding hydrogens is 558 g/mol. The molecule has 0 saturated carbocycles. The number of rotatable bonds is 10. The molecule has 1 saturated heterocycles. The van der Waals surface area contributed by atoms with Crippen molar-refractivity contribution in [3.8, 4) is 11.5 Å². The van der Waals surface area contributed by atoms with Gasteiger partial charge >= 0.3 is 0 Å². The van der Waals surface area contributed by atoms with E-state index in [2.05, 4.69) is 25.8 Å². The third-order valence-corrected chi connectivity index (χ3v) is 7.30. The van der Waals surface area contributed by atoms with Gasteiger partial charge in [0.25, 0.3) is 11.8 Å². The minimum absolute atomic E-state index is 0.0810. The van der Waals surface area contributed by atoms with Crippen LogP contribution in [0.15, 0.2) is 24.3 Å². The number of aryl methyl sites for hydroxylation is 2. The third-order valence-electron chi connectivity index (χ3n) is 7.30. The van der Waals surface area contributed by atoms with Crippen LogP contribution < -0.4 is 16.0 Å². The Morgan fingerprint density at radius 3 is 1.65 bits per heavy atom. The molecular formula is C30H45N5O8. The number of phenolic OH excluding ortho intramolecular Hbond substituents is 2. The Bertz CT molecular complexity index is 1150. The number of benzene rings is 2. The summed E-state index contributed by atoms with van der Waals surface area (Å²) in [5.74, 6) is -1.77. The van der Waals surface area contributed by atoms with E-state index in [-0.39, 0.29) is 22.9 Å². The van der Waals surface area contributed by atoms with E-state index in [9.17, 15) is 30.0 Å². The normalized spacial score (nSPS) is 17.1. The number of aliphatic hydroxyl groups excluding tert-OH is 4. The van der Waals surface area contributed by atoms with Crippen molar-refractivity contribution in [3.05, 3.63) is 46.5 Å². The maximum absolute atomic E-state index is 12.1. The van der Waals surface area contributed by atoms with Crippen LogP contribution in [0.3, 0.4) is 0 Å². The Morgan fingerprint density at radius 2 is 1.19 bits per heavy atom. The second-order valence-corrected chi connectivity index (χ2v) is 11.0. The summed E-state index contributed by atoms with van der Waals surface area (Å²) in [6.07, 6.45) is -1.48. The van der Waals surface area contributed by atoms with Gasteiger partial charge < -0.3 is 46.6 Å². The fraction of sp³-hybridized carbons (Fsp3) is 0.533. The van der Waals surface area contributed by atoms with Crippen molar-refractivity contribution < 1.29 is 40.2 Å². The average Bonchev–Trinajstić information content (AvgIpc) is 3.02. The van der Waals surface area contributed by atoms with Gasteiger partial charge in [-0.2, -0.15) is 0 Å². The van der Waals surface area contributed by atoms with Gasteiger partial charge in [0.05, 0.1) is 24.6 Å². The minimum Gasteiger partial charge on any atom is -0.505 e. The molecule has 1 aliphatic rings. The number of hydrogen-bond donors (Lipinski definition) is 9. The van der Waals surface area contributed by atoms with Gasteiger partial charge in [0, 0.05) is 37.3 Å². The predicted octanol–water partition coefficient (Wildman–Crippen LogP) is -0.0144. The summed E-state index contributed by atoms with van der Waals surface area (Å²) in [6, 6.07) is 6.94. The van der Waals surface area contributed by atoms with E-state index in [1.165, 1.54) is 0 Å². The van der Waals surface area contributed by atoms with Gasteiger partial charge in [0.2, 0.25) is 0 Å². The molecule has 2 amide bonds. The average molecular weight is 604 g/mol. The molecule has 1 fully saturated rings. The van der Waals surface area contributed by atoms with E-state index in [0.717, 1.165) is 63.2 Å². The Labute approximate surface area is 251 Å². The van der Waals surface area contributed by atoms with E-state index >= 15 is 0 Å². The van der Waals surface area contributed by atoms with E-state index < -0.39 is 37.2 Å². The zero-order chi connectivity index (χ0) is 31.5. The van der Waals surface area contributed by atoms with Crippen molar-refractivity contribution in [1.29, 1.82) is 0 Å². The van der Waals surface area contributed by atoms with Gasteiger partial charge in [-0.05, 0) is 76.1 Å². The number of nitrogens with zero attached hydrogens (tertiary/aromatic N) is 2. The molecule has 13 heteroatoms. The quantitative estimate of drug-likeness (QED) is 0.166. The van der Waals surface area contributed by atoms with Crippen molar-refractivity contribution in [2.45, 2.75) is 52.0 Å². The van der Waals surface area contributed by atoms with Crippen molar-refractivity contribution in [3.63, 3.8) is 0 Å². The molecule has 1 heterocycles. The lowest BCUT2D eigenvalue weighted by atomic mass is 10.1. The number of aliphatic hydroxyl groups is 4. The summed E-state index contributed by atoms with van der Waals surface area (Å²) < 4.78 is 0. The molecule has 238 valence electrons. The van der Waals surface area contributed by atoms with Crippen LogP contribution in [0.25, 0.3) is 0 Å².